The Bertz CT molecular complexity index is 757. The molecule has 0 N–H and O–H groups in total. The van der Waals surface area contributed by atoms with Crippen LogP contribution in [-0.4, -0.2) is 36.5 Å². The molecule has 0 unspecified atom stereocenters. The zero-order chi connectivity index (χ0) is 17.9. The van der Waals surface area contributed by atoms with Gasteiger partial charge in [0.1, 0.15) is 5.75 Å². The minimum atomic E-state index is -0.937. The maximum atomic E-state index is 12.5. The van der Waals surface area contributed by atoms with Gasteiger partial charge in [0.25, 0.3) is 0 Å². The molecule has 1 atom stereocenters. The van der Waals surface area contributed by atoms with Crippen LogP contribution < -0.4 is 4.74 Å². The molecule has 1 aliphatic heterocycles. The van der Waals surface area contributed by atoms with Crippen LogP contribution in [0.25, 0.3) is 0 Å². The van der Waals surface area contributed by atoms with Gasteiger partial charge in [-0.25, -0.2) is 4.79 Å². The molecule has 0 aromatic heterocycles. The van der Waals surface area contributed by atoms with Crippen LogP contribution in [0.2, 0.25) is 0 Å². The number of rotatable bonds is 6. The minimum Gasteiger partial charge on any atom is -0.497 e. The number of hydrogen-bond acceptors (Lipinski definition) is 4. The molecule has 5 nitrogen and oxygen atoms in total. The van der Waals surface area contributed by atoms with Crippen LogP contribution >= 0.6 is 0 Å². The third kappa shape index (κ3) is 3.22. The van der Waals surface area contributed by atoms with Crippen molar-refractivity contribution in [1.82, 2.24) is 4.90 Å². The number of nitrogens with zero attached hydrogens (tertiary/aromatic N) is 1. The standard InChI is InChI=1S/C20H21NO4/c1-24-17-10-8-16(9-11-17)14-21-18(22)13-20(21,19(23)25-2)12-15-6-4-3-5-7-15/h3-11H,12-14H2,1-2H3/t20-/m1/s1. The Balaban J connectivity index is 1.86. The van der Waals surface area contributed by atoms with Crippen LogP contribution in [0.4, 0.5) is 0 Å². The molecule has 0 radical (unpaired) electrons. The summed E-state index contributed by atoms with van der Waals surface area (Å²) in [5, 5.41) is 0. The average Bonchev–Trinajstić information content (AvgIpc) is 2.66. The lowest BCUT2D eigenvalue weighted by atomic mass is 9.78. The van der Waals surface area contributed by atoms with Crippen molar-refractivity contribution in [2.75, 3.05) is 14.2 Å². The van der Waals surface area contributed by atoms with Gasteiger partial charge in [-0.15, -0.1) is 0 Å². The van der Waals surface area contributed by atoms with E-state index in [1.165, 1.54) is 7.11 Å². The van der Waals surface area contributed by atoms with E-state index in [4.69, 9.17) is 9.47 Å². The third-order valence-electron chi connectivity index (χ3n) is 4.67. The summed E-state index contributed by atoms with van der Waals surface area (Å²) in [5.74, 6) is 0.337. The number of carbonyl (C=O) groups excluding carboxylic acids is 2. The highest BCUT2D eigenvalue weighted by Gasteiger charge is 2.57. The molecule has 1 amide bonds. The monoisotopic (exact) mass is 339 g/mol. The third-order valence-corrected chi connectivity index (χ3v) is 4.67. The SMILES string of the molecule is COC(=O)[C@@]1(Cc2ccccc2)CC(=O)N1Cc1ccc(OC)cc1. The van der Waals surface area contributed by atoms with Crippen LogP contribution in [0, 0.1) is 0 Å². The van der Waals surface area contributed by atoms with E-state index in [-0.39, 0.29) is 18.3 Å². The van der Waals surface area contributed by atoms with Gasteiger partial charge in [0.05, 0.1) is 20.6 Å². The Morgan fingerprint density at radius 1 is 1.04 bits per heavy atom. The highest BCUT2D eigenvalue weighted by molar-refractivity contribution is 5.99. The maximum absolute atomic E-state index is 12.5. The molecule has 1 saturated heterocycles. The predicted molar refractivity (Wildman–Crippen MR) is 93.1 cm³/mol. The predicted octanol–water partition coefficient (Wildman–Crippen LogP) is 2.58. The second kappa shape index (κ2) is 6.97. The topological polar surface area (TPSA) is 55.8 Å². The Hall–Kier alpha value is -2.82. The van der Waals surface area contributed by atoms with E-state index < -0.39 is 5.54 Å². The number of benzene rings is 2. The van der Waals surface area contributed by atoms with E-state index in [0.717, 1.165) is 16.9 Å². The zero-order valence-corrected chi connectivity index (χ0v) is 14.4. The first-order chi connectivity index (χ1) is 12.1. The van der Waals surface area contributed by atoms with E-state index in [1.54, 1.807) is 12.0 Å². The van der Waals surface area contributed by atoms with Crippen molar-refractivity contribution in [3.63, 3.8) is 0 Å². The number of methoxy groups -OCH3 is 2. The summed E-state index contributed by atoms with van der Waals surface area (Å²) >= 11 is 0. The van der Waals surface area contributed by atoms with Gasteiger partial charge in [0.15, 0.2) is 5.54 Å². The van der Waals surface area contributed by atoms with Gasteiger partial charge in [0.2, 0.25) is 5.91 Å². The first-order valence-electron chi connectivity index (χ1n) is 8.15. The summed E-state index contributed by atoms with van der Waals surface area (Å²) in [4.78, 5) is 26.4. The molecule has 0 bridgehead atoms. The van der Waals surface area contributed by atoms with Crippen molar-refractivity contribution in [3.05, 3.63) is 65.7 Å². The van der Waals surface area contributed by atoms with Gasteiger partial charge in [0, 0.05) is 13.0 Å². The van der Waals surface area contributed by atoms with Gasteiger partial charge in [-0.1, -0.05) is 42.5 Å². The van der Waals surface area contributed by atoms with Gasteiger partial charge in [-0.3, -0.25) is 4.79 Å². The molecular weight excluding hydrogens is 318 g/mol. The number of hydrogen-bond donors (Lipinski definition) is 0. The fraction of sp³-hybridized carbons (Fsp3) is 0.300. The molecule has 1 aliphatic rings. The van der Waals surface area contributed by atoms with Crippen molar-refractivity contribution in [1.29, 1.82) is 0 Å². The fourth-order valence-electron chi connectivity index (χ4n) is 3.28. The molecule has 2 aromatic carbocycles. The summed E-state index contributed by atoms with van der Waals surface area (Å²) in [6, 6.07) is 17.2. The van der Waals surface area contributed by atoms with Crippen LogP contribution in [0.15, 0.2) is 54.6 Å². The van der Waals surface area contributed by atoms with E-state index >= 15 is 0 Å². The van der Waals surface area contributed by atoms with E-state index in [1.807, 2.05) is 54.6 Å². The van der Waals surface area contributed by atoms with Crippen LogP contribution in [0.5, 0.6) is 5.75 Å². The van der Waals surface area contributed by atoms with Crippen LogP contribution in [0.1, 0.15) is 17.5 Å². The molecule has 2 aromatic rings. The normalized spacial score (nSPS) is 19.3. The van der Waals surface area contributed by atoms with Crippen molar-refractivity contribution in [2.45, 2.75) is 24.9 Å². The molecule has 130 valence electrons. The molecule has 0 aliphatic carbocycles. The highest BCUT2D eigenvalue weighted by Crippen LogP contribution is 2.38. The molecular formula is C20H21NO4. The van der Waals surface area contributed by atoms with Gasteiger partial charge in [-0.2, -0.15) is 0 Å². The van der Waals surface area contributed by atoms with Gasteiger partial charge >= 0.3 is 5.97 Å². The van der Waals surface area contributed by atoms with E-state index in [0.29, 0.717) is 13.0 Å². The van der Waals surface area contributed by atoms with Gasteiger partial charge < -0.3 is 14.4 Å². The number of esters is 1. The summed E-state index contributed by atoms with van der Waals surface area (Å²) in [6.07, 6.45) is 0.618. The molecule has 1 heterocycles. The smallest absolute Gasteiger partial charge is 0.332 e. The maximum Gasteiger partial charge on any atom is 0.332 e. The van der Waals surface area contributed by atoms with Crippen molar-refractivity contribution >= 4 is 11.9 Å². The van der Waals surface area contributed by atoms with Crippen molar-refractivity contribution in [2.24, 2.45) is 0 Å². The lowest BCUT2D eigenvalue weighted by Crippen LogP contribution is -2.68. The number of carbonyl (C=O) groups is 2. The summed E-state index contributed by atoms with van der Waals surface area (Å²) in [6.45, 7) is 0.366. The summed E-state index contributed by atoms with van der Waals surface area (Å²) in [7, 11) is 2.97. The van der Waals surface area contributed by atoms with E-state index in [9.17, 15) is 9.59 Å². The Kier molecular flexibility index (Phi) is 4.74. The Labute approximate surface area is 147 Å². The largest absolute Gasteiger partial charge is 0.497 e. The summed E-state index contributed by atoms with van der Waals surface area (Å²) in [5.41, 5.74) is 1.00. The second-order valence-electron chi connectivity index (χ2n) is 6.19. The van der Waals surface area contributed by atoms with Gasteiger partial charge in [-0.05, 0) is 23.3 Å². The van der Waals surface area contributed by atoms with E-state index in [2.05, 4.69) is 0 Å². The summed E-state index contributed by atoms with van der Waals surface area (Å²) < 4.78 is 10.2. The highest BCUT2D eigenvalue weighted by atomic mass is 16.5. The first-order valence-corrected chi connectivity index (χ1v) is 8.15. The number of amides is 1. The Morgan fingerprint density at radius 2 is 1.72 bits per heavy atom. The zero-order valence-electron chi connectivity index (χ0n) is 14.4. The van der Waals surface area contributed by atoms with Crippen molar-refractivity contribution < 1.29 is 19.1 Å². The van der Waals surface area contributed by atoms with Crippen LogP contribution in [0.3, 0.4) is 0 Å². The van der Waals surface area contributed by atoms with Crippen molar-refractivity contribution in [3.8, 4) is 5.75 Å². The van der Waals surface area contributed by atoms with Crippen LogP contribution in [-0.2, 0) is 27.3 Å². The molecule has 25 heavy (non-hydrogen) atoms. The fourth-order valence-corrected chi connectivity index (χ4v) is 3.28. The molecule has 0 saturated carbocycles. The number of likely N-dealkylation sites (tertiary alicyclic amines) is 1. The molecule has 0 spiro atoms. The molecule has 5 heteroatoms. The lowest BCUT2D eigenvalue weighted by Gasteiger charge is -2.49. The minimum absolute atomic E-state index is 0.0443. The quantitative estimate of drug-likeness (QED) is 0.600. The first kappa shape index (κ1) is 17.0. The Morgan fingerprint density at radius 3 is 2.28 bits per heavy atom. The number of ether oxygens (including phenoxy) is 2. The average molecular weight is 339 g/mol. The number of β-lactam (4-membered cyclic amide) rings is 1. The lowest BCUT2D eigenvalue weighted by molar-refractivity contribution is -0.179. The molecule has 3 rings (SSSR count). The second-order valence-corrected chi connectivity index (χ2v) is 6.19. The molecule has 1 fully saturated rings.